The average molecular weight is 244 g/mol. The van der Waals surface area contributed by atoms with Gasteiger partial charge in [-0.25, -0.2) is 0 Å². The van der Waals surface area contributed by atoms with Crippen molar-refractivity contribution in [1.29, 1.82) is 0 Å². The molecule has 1 heterocycles. The molecule has 0 amide bonds. The summed E-state index contributed by atoms with van der Waals surface area (Å²) in [4.78, 5) is 2.60. The fourth-order valence-corrected chi connectivity index (χ4v) is 2.55. The number of hydrogen-bond acceptors (Lipinski definition) is 2. The molecule has 1 aromatic carbocycles. The molecule has 1 fully saturated rings. The monoisotopic (exact) mass is 244 g/mol. The van der Waals surface area contributed by atoms with Gasteiger partial charge in [-0.1, -0.05) is 49.4 Å². The largest absolute Gasteiger partial charge is 0.315 e. The fraction of sp³-hybridized carbons (Fsp3) is 0.500. The second kappa shape index (κ2) is 7.34. The molecule has 0 aromatic heterocycles. The molecule has 1 aliphatic rings. The van der Waals surface area contributed by atoms with Crippen LogP contribution in [0.5, 0.6) is 0 Å². The minimum atomic E-state index is 0.727. The van der Waals surface area contributed by atoms with Gasteiger partial charge in [0.1, 0.15) is 0 Å². The Labute approximate surface area is 111 Å². The Morgan fingerprint density at radius 3 is 2.83 bits per heavy atom. The van der Waals surface area contributed by atoms with Crippen LogP contribution >= 0.6 is 0 Å². The molecule has 1 saturated heterocycles. The van der Waals surface area contributed by atoms with Crippen LogP contribution in [0.2, 0.25) is 0 Å². The Bertz CT molecular complexity index is 353. The van der Waals surface area contributed by atoms with Crippen molar-refractivity contribution in [3.05, 3.63) is 42.0 Å². The Hall–Kier alpha value is -1.12. The van der Waals surface area contributed by atoms with E-state index in [0.29, 0.717) is 0 Å². The molecule has 2 heteroatoms. The number of nitrogens with one attached hydrogen (secondary N) is 1. The summed E-state index contributed by atoms with van der Waals surface area (Å²) in [7, 11) is 0. The number of benzene rings is 1. The first-order valence-corrected chi connectivity index (χ1v) is 7.06. The summed E-state index contributed by atoms with van der Waals surface area (Å²) < 4.78 is 0. The van der Waals surface area contributed by atoms with Crippen LogP contribution in [-0.2, 0) is 0 Å². The quantitative estimate of drug-likeness (QED) is 0.828. The maximum absolute atomic E-state index is 3.45. The van der Waals surface area contributed by atoms with Crippen molar-refractivity contribution in [2.24, 2.45) is 0 Å². The zero-order valence-electron chi connectivity index (χ0n) is 11.3. The third-order valence-electron chi connectivity index (χ3n) is 3.51. The Balaban J connectivity index is 1.87. The maximum atomic E-state index is 3.45. The molecule has 0 aliphatic carbocycles. The van der Waals surface area contributed by atoms with E-state index in [1.54, 1.807) is 0 Å². The van der Waals surface area contributed by atoms with Crippen LogP contribution in [0.25, 0.3) is 6.08 Å². The molecule has 0 saturated carbocycles. The Morgan fingerprint density at radius 2 is 2.17 bits per heavy atom. The van der Waals surface area contributed by atoms with Crippen molar-refractivity contribution in [3.63, 3.8) is 0 Å². The summed E-state index contributed by atoms with van der Waals surface area (Å²) in [6.45, 7) is 6.85. The molecule has 2 nitrogen and oxygen atoms in total. The van der Waals surface area contributed by atoms with Gasteiger partial charge in [0.15, 0.2) is 0 Å². The fourth-order valence-electron chi connectivity index (χ4n) is 2.55. The molecular weight excluding hydrogens is 220 g/mol. The summed E-state index contributed by atoms with van der Waals surface area (Å²) >= 11 is 0. The average Bonchev–Trinajstić information content (AvgIpc) is 2.93. The predicted octanol–water partition coefficient (Wildman–Crippen LogP) is 2.77. The van der Waals surface area contributed by atoms with E-state index in [1.807, 2.05) is 0 Å². The van der Waals surface area contributed by atoms with Crippen molar-refractivity contribution in [2.45, 2.75) is 25.8 Å². The number of nitrogens with zero attached hydrogens (tertiary/aromatic N) is 1. The minimum absolute atomic E-state index is 0.727. The lowest BCUT2D eigenvalue weighted by Gasteiger charge is -2.26. The van der Waals surface area contributed by atoms with E-state index < -0.39 is 0 Å². The van der Waals surface area contributed by atoms with Gasteiger partial charge in [-0.15, -0.1) is 0 Å². The van der Waals surface area contributed by atoms with Gasteiger partial charge in [-0.05, 0) is 31.5 Å². The molecule has 18 heavy (non-hydrogen) atoms. The summed E-state index contributed by atoms with van der Waals surface area (Å²) in [6, 6.07) is 11.3. The molecular formula is C16H24N2. The highest BCUT2D eigenvalue weighted by Crippen LogP contribution is 2.10. The van der Waals surface area contributed by atoms with Gasteiger partial charge in [0, 0.05) is 19.1 Å². The Kier molecular flexibility index (Phi) is 5.43. The van der Waals surface area contributed by atoms with E-state index in [0.717, 1.165) is 19.1 Å². The molecule has 98 valence electrons. The van der Waals surface area contributed by atoms with E-state index in [2.05, 4.69) is 59.6 Å². The zero-order chi connectivity index (χ0) is 12.6. The molecule has 1 aliphatic heterocycles. The first-order chi connectivity index (χ1) is 8.90. The second-order valence-electron chi connectivity index (χ2n) is 4.95. The van der Waals surface area contributed by atoms with Crippen LogP contribution in [0.3, 0.4) is 0 Å². The molecule has 0 spiro atoms. The van der Waals surface area contributed by atoms with Crippen LogP contribution in [0.1, 0.15) is 25.3 Å². The van der Waals surface area contributed by atoms with Gasteiger partial charge in [0.2, 0.25) is 0 Å². The highest BCUT2D eigenvalue weighted by molar-refractivity contribution is 5.48. The van der Waals surface area contributed by atoms with Gasteiger partial charge in [-0.3, -0.25) is 4.90 Å². The van der Waals surface area contributed by atoms with Crippen molar-refractivity contribution >= 4 is 6.08 Å². The molecule has 2 rings (SSSR count). The molecule has 1 N–H and O–H groups in total. The van der Waals surface area contributed by atoms with Crippen molar-refractivity contribution < 1.29 is 0 Å². The lowest BCUT2D eigenvalue weighted by atomic mass is 10.2. The first kappa shape index (κ1) is 13.3. The SMILES string of the molecule is CCCN(CC=Cc1ccccc1)C1CCNC1. The van der Waals surface area contributed by atoms with E-state index in [-0.39, 0.29) is 0 Å². The van der Waals surface area contributed by atoms with Crippen LogP contribution in [0, 0.1) is 0 Å². The van der Waals surface area contributed by atoms with Crippen molar-refractivity contribution in [2.75, 3.05) is 26.2 Å². The zero-order valence-corrected chi connectivity index (χ0v) is 11.3. The molecule has 1 atom stereocenters. The van der Waals surface area contributed by atoms with Crippen LogP contribution < -0.4 is 5.32 Å². The van der Waals surface area contributed by atoms with Gasteiger partial charge < -0.3 is 5.32 Å². The first-order valence-electron chi connectivity index (χ1n) is 7.06. The molecule has 1 unspecified atom stereocenters. The van der Waals surface area contributed by atoms with Crippen LogP contribution in [-0.4, -0.2) is 37.1 Å². The van der Waals surface area contributed by atoms with Crippen molar-refractivity contribution in [1.82, 2.24) is 10.2 Å². The van der Waals surface area contributed by atoms with Gasteiger partial charge >= 0.3 is 0 Å². The van der Waals surface area contributed by atoms with E-state index in [9.17, 15) is 0 Å². The highest BCUT2D eigenvalue weighted by Gasteiger charge is 2.20. The van der Waals surface area contributed by atoms with Gasteiger partial charge in [-0.2, -0.15) is 0 Å². The van der Waals surface area contributed by atoms with Crippen LogP contribution in [0.15, 0.2) is 36.4 Å². The van der Waals surface area contributed by atoms with E-state index >= 15 is 0 Å². The second-order valence-corrected chi connectivity index (χ2v) is 4.95. The van der Waals surface area contributed by atoms with E-state index in [4.69, 9.17) is 0 Å². The standard InChI is InChI=1S/C16H24N2/c1-2-12-18(16-10-11-17-14-16)13-6-9-15-7-4-3-5-8-15/h3-9,16-17H,2,10-14H2,1H3. The topological polar surface area (TPSA) is 15.3 Å². The van der Waals surface area contributed by atoms with Gasteiger partial charge in [0.05, 0.1) is 0 Å². The third-order valence-corrected chi connectivity index (χ3v) is 3.51. The Morgan fingerprint density at radius 1 is 1.33 bits per heavy atom. The predicted molar refractivity (Wildman–Crippen MR) is 78.6 cm³/mol. The summed E-state index contributed by atoms with van der Waals surface area (Å²) in [5.74, 6) is 0. The number of hydrogen-bond donors (Lipinski definition) is 1. The maximum Gasteiger partial charge on any atom is 0.0236 e. The summed E-state index contributed by atoms with van der Waals surface area (Å²) in [5.41, 5.74) is 1.29. The third kappa shape index (κ3) is 3.97. The minimum Gasteiger partial charge on any atom is -0.315 e. The molecule has 1 aromatic rings. The molecule has 0 radical (unpaired) electrons. The normalized spacial score (nSPS) is 20.0. The van der Waals surface area contributed by atoms with Crippen molar-refractivity contribution in [3.8, 4) is 0 Å². The lowest BCUT2D eigenvalue weighted by Crippen LogP contribution is -2.37. The lowest BCUT2D eigenvalue weighted by molar-refractivity contribution is 0.231. The summed E-state index contributed by atoms with van der Waals surface area (Å²) in [5, 5.41) is 3.45. The van der Waals surface area contributed by atoms with E-state index in [1.165, 1.54) is 31.5 Å². The highest BCUT2D eigenvalue weighted by atomic mass is 15.2. The van der Waals surface area contributed by atoms with Gasteiger partial charge in [0.25, 0.3) is 0 Å². The van der Waals surface area contributed by atoms with Crippen LogP contribution in [0.4, 0.5) is 0 Å². The smallest absolute Gasteiger partial charge is 0.0236 e. The summed E-state index contributed by atoms with van der Waals surface area (Å²) in [6.07, 6.45) is 7.04. The molecule has 0 bridgehead atoms. The number of rotatable bonds is 6.